The highest BCUT2D eigenvalue weighted by Crippen LogP contribution is 1.80. The number of nitrogens with zero attached hydrogens (tertiary/aromatic N) is 8. The van der Waals surface area contributed by atoms with Crippen molar-refractivity contribution in [2.45, 2.75) is 0 Å². The number of hydrogen-bond acceptors (Lipinski definition) is 9. The van der Waals surface area contributed by atoms with Crippen molar-refractivity contribution in [3.63, 3.8) is 0 Å². The van der Waals surface area contributed by atoms with Crippen LogP contribution in [0.4, 0.5) is 0 Å². The molecule has 0 heterocycles. The number of nitrogens with one attached hydrogen (secondary N) is 9. The molecule has 0 saturated heterocycles. The largest absolute Gasteiger partial charge is 0.679 e. The third kappa shape index (κ3) is 163. The summed E-state index contributed by atoms with van der Waals surface area (Å²) in [5, 5.41) is 37.3. The molecule has 17 heteroatoms. The lowest BCUT2D eigenvalue weighted by Gasteiger charge is -2.15. The van der Waals surface area contributed by atoms with E-state index in [0.717, 1.165) is 0 Å². The third-order valence-corrected chi connectivity index (χ3v) is 3.19. The van der Waals surface area contributed by atoms with Gasteiger partial charge in [-0.2, -0.15) is 19.6 Å². The van der Waals surface area contributed by atoms with Gasteiger partial charge in [-0.05, 0) is 50.7 Å². The van der Waals surface area contributed by atoms with Gasteiger partial charge in [0.25, 0.3) is 0 Å². The molecule has 0 bridgehead atoms. The molecule has 0 aromatic heterocycles. The number of aliphatic imine (C=N–C) groups is 5. The van der Waals surface area contributed by atoms with Crippen LogP contribution in [-0.2, 0) is 0 Å². The van der Waals surface area contributed by atoms with E-state index in [4.69, 9.17) is 83.2 Å². The summed E-state index contributed by atoms with van der Waals surface area (Å²) in [7, 11) is 0. The Bertz CT molecular complexity index is 786. The van der Waals surface area contributed by atoms with Crippen molar-refractivity contribution in [1.29, 1.82) is 21.6 Å². The molecule has 0 spiro atoms. The minimum atomic E-state index is 0.236. The molecule has 17 nitrogen and oxygen atoms in total. The van der Waals surface area contributed by atoms with Crippen LogP contribution in [0.25, 0.3) is 44.6 Å². The van der Waals surface area contributed by atoms with Gasteiger partial charge in [0.05, 0.1) is 0 Å². The second kappa shape index (κ2) is 97.0. The number of rotatable bonds is 25. The summed E-state index contributed by atoms with van der Waals surface area (Å²) in [6, 6.07) is 0. The SMILES string of the molecule is C=NCC[NH-].N=CC[N-]CC=N.N=CC[N-]CC[NH-].[CH-]=CC=NCC=[CH-].[CH-]=CCN=C.[CH-]=CCN=CC[NH-].[CH-]=CC[N-]CC=N.[NH-]CC=NCC[NH-]. The molecule has 0 aliphatic carbocycles. The first-order valence-electron chi connectivity index (χ1n) is 15.4. The van der Waals surface area contributed by atoms with Crippen molar-refractivity contribution in [2.75, 3.05) is 105 Å². The average Bonchev–Trinajstić information content (AvgIpc) is 3.16. The lowest BCUT2D eigenvalue weighted by atomic mass is 10.6. The maximum Gasteiger partial charge on any atom is 0.0247 e. The van der Waals surface area contributed by atoms with Gasteiger partial charge >= 0.3 is 0 Å². The molecule has 0 radical (unpaired) electrons. The Labute approximate surface area is 315 Å². The highest BCUT2D eigenvalue weighted by Gasteiger charge is 1.60. The first-order valence-corrected chi connectivity index (χ1v) is 15.4. The van der Waals surface area contributed by atoms with Crippen LogP contribution in [0.5, 0.6) is 0 Å². The molecule has 300 valence electrons. The summed E-state index contributed by atoms with van der Waals surface area (Å²) in [4.78, 5) is 18.0. The van der Waals surface area contributed by atoms with Crippen LogP contribution in [0.2, 0.25) is 0 Å². The summed E-state index contributed by atoms with van der Waals surface area (Å²) in [6.07, 6.45) is 16.6. The van der Waals surface area contributed by atoms with Gasteiger partial charge in [-0.25, -0.2) is 6.08 Å². The molecule has 0 atom stereocenters. The number of allylic oxidation sites excluding steroid dienone is 1. The highest BCUT2D eigenvalue weighted by atomic mass is 14.9. The van der Waals surface area contributed by atoms with Gasteiger partial charge in [0, 0.05) is 32.7 Å². The summed E-state index contributed by atoms with van der Waals surface area (Å²) in [6.45, 7) is 38.3. The quantitative estimate of drug-likeness (QED) is 0.0406. The molecule has 52 heavy (non-hydrogen) atoms. The molecule has 0 aliphatic heterocycles. The second-order valence-corrected chi connectivity index (χ2v) is 7.42. The summed E-state index contributed by atoms with van der Waals surface area (Å²) >= 11 is 0. The first kappa shape index (κ1) is 65.7. The molecule has 0 aliphatic rings. The van der Waals surface area contributed by atoms with Gasteiger partial charge in [0.1, 0.15) is 0 Å². The zero-order chi connectivity index (χ0) is 41.5. The standard InChI is InChI=1S/C6H7N.2C5H8N2.2C4H9N3.C4H8N3.C4H6N.C3H7N2/c1-3-5-7-6-4-2;2*1-2-4-7-5-3-6;3*5-1-3-7-4-2-6;1-3-4-5-2;1-5-3-2-4/h1-5H,6H2;1-2,5-6H,3-4H2;1-3,6H,4-5H2;3,5-6H,1-2,4H2;1,5-6H,2-4H2;1-2,5-6H,3-4H2;1,3H,2,4H2;4H,1-3H2/q5*-2;3*-1. The maximum atomic E-state index is 6.61. The van der Waals surface area contributed by atoms with Crippen LogP contribution in [0, 0.1) is 54.5 Å². The molecule has 0 amide bonds. The normalized spacial score (nSPS) is 8.63. The van der Waals surface area contributed by atoms with E-state index in [-0.39, 0.29) is 13.1 Å². The van der Waals surface area contributed by atoms with Crippen LogP contribution in [0.15, 0.2) is 55.3 Å². The van der Waals surface area contributed by atoms with E-state index in [0.29, 0.717) is 91.6 Å². The van der Waals surface area contributed by atoms with Crippen LogP contribution in [0.3, 0.4) is 0 Å². The lowest BCUT2D eigenvalue weighted by Crippen LogP contribution is -1.89. The van der Waals surface area contributed by atoms with Crippen molar-refractivity contribution in [1.82, 2.24) is 0 Å². The van der Waals surface area contributed by atoms with Gasteiger partial charge < -0.3 is 108 Å². The molecule has 0 saturated carbocycles. The summed E-state index contributed by atoms with van der Waals surface area (Å²) < 4.78 is 0. The van der Waals surface area contributed by atoms with Crippen molar-refractivity contribution in [2.24, 2.45) is 25.0 Å². The monoisotopic (exact) mass is 721 g/mol. The van der Waals surface area contributed by atoms with E-state index >= 15 is 0 Å². The zero-order valence-electron chi connectivity index (χ0n) is 30.6. The van der Waals surface area contributed by atoms with E-state index < -0.39 is 0 Å². The Hall–Kier alpha value is -4.59. The van der Waals surface area contributed by atoms with Crippen molar-refractivity contribution >= 4 is 56.9 Å². The minimum Gasteiger partial charge on any atom is -0.679 e. The fourth-order valence-electron chi connectivity index (χ4n) is 1.41. The van der Waals surface area contributed by atoms with E-state index in [2.05, 4.69) is 54.3 Å². The van der Waals surface area contributed by atoms with Gasteiger partial charge in [-0.3, -0.25) is 40.9 Å². The fraction of sp³-hybridized carbons (Fsp3) is 0.457. The Morgan fingerprint density at radius 2 is 0.942 bits per heavy atom. The molecule has 0 rings (SSSR count). The Kier molecular flexibility index (Phi) is 123. The zero-order valence-corrected chi connectivity index (χ0v) is 30.6. The van der Waals surface area contributed by atoms with Gasteiger partial charge in [0.15, 0.2) is 0 Å². The van der Waals surface area contributed by atoms with Gasteiger partial charge in [0.2, 0.25) is 0 Å². The number of hydrogen-bond donors (Lipinski definition) is 4. The fourth-order valence-corrected chi connectivity index (χ4v) is 1.41. The van der Waals surface area contributed by atoms with Gasteiger partial charge in [-0.15, -0.1) is 58.6 Å². The lowest BCUT2D eigenvalue weighted by molar-refractivity contribution is 1.09. The van der Waals surface area contributed by atoms with Crippen LogP contribution < -0.4 is 0 Å². The van der Waals surface area contributed by atoms with Crippen LogP contribution >= 0.6 is 0 Å². The molecule has 0 aromatic rings. The van der Waals surface area contributed by atoms with Crippen LogP contribution in [0.1, 0.15) is 0 Å². The topological polar surface area (TPSA) is 319 Å². The van der Waals surface area contributed by atoms with E-state index in [9.17, 15) is 0 Å². The minimum absolute atomic E-state index is 0.236. The molecule has 0 fully saturated rings. The maximum absolute atomic E-state index is 6.61. The van der Waals surface area contributed by atoms with E-state index in [1.54, 1.807) is 0 Å². The Morgan fingerprint density at radius 3 is 1.25 bits per heavy atom. The Morgan fingerprint density at radius 1 is 0.500 bits per heavy atom. The van der Waals surface area contributed by atoms with E-state index in [1.807, 2.05) is 0 Å². The van der Waals surface area contributed by atoms with Crippen molar-refractivity contribution in [3.8, 4) is 0 Å². The van der Waals surface area contributed by atoms with Crippen molar-refractivity contribution < 1.29 is 0 Å². The Balaban J connectivity index is -0.0000000711. The smallest absolute Gasteiger partial charge is 0.0247 e. The molecule has 0 unspecified atom stereocenters. The first-order chi connectivity index (χ1) is 25.3. The molecular formula is C35H62N17-13. The third-order valence-electron chi connectivity index (χ3n) is 3.19. The summed E-state index contributed by atoms with van der Waals surface area (Å²) in [5.41, 5.74) is 32.8. The molecule has 0 aromatic carbocycles. The summed E-state index contributed by atoms with van der Waals surface area (Å²) in [5.74, 6) is 0. The molecule has 9 N–H and O–H groups in total. The van der Waals surface area contributed by atoms with E-state index in [1.165, 1.54) is 73.9 Å². The predicted octanol–water partition coefficient (Wildman–Crippen LogP) is 7.43. The second-order valence-electron chi connectivity index (χ2n) is 7.42. The van der Waals surface area contributed by atoms with Crippen LogP contribution in [-0.4, -0.2) is 162 Å². The molecular weight excluding hydrogens is 659 g/mol. The van der Waals surface area contributed by atoms with Crippen molar-refractivity contribution in [3.05, 3.63) is 108 Å². The highest BCUT2D eigenvalue weighted by molar-refractivity contribution is 5.69. The average molecular weight is 721 g/mol. The van der Waals surface area contributed by atoms with Gasteiger partial charge in [-0.1, -0.05) is 0 Å². The predicted molar refractivity (Wildman–Crippen MR) is 234 cm³/mol.